The molecule has 1 aromatic carbocycles. The molecule has 4 nitrogen and oxygen atoms in total. The van der Waals surface area contributed by atoms with E-state index in [1.165, 1.54) is 12.1 Å². The fourth-order valence-electron chi connectivity index (χ4n) is 2.05. The molecule has 1 saturated heterocycles. The number of hydrogen-bond acceptors (Lipinski definition) is 4. The van der Waals surface area contributed by atoms with Crippen molar-refractivity contribution in [3.63, 3.8) is 0 Å². The van der Waals surface area contributed by atoms with Crippen LogP contribution >= 0.6 is 0 Å². The molecule has 2 rings (SSSR count). The number of rotatable bonds is 6. The van der Waals surface area contributed by atoms with Gasteiger partial charge in [-0.3, -0.25) is 0 Å². The van der Waals surface area contributed by atoms with Gasteiger partial charge in [-0.25, -0.2) is 4.39 Å². The van der Waals surface area contributed by atoms with Gasteiger partial charge in [0, 0.05) is 19.3 Å². The highest BCUT2D eigenvalue weighted by Crippen LogP contribution is 2.19. The van der Waals surface area contributed by atoms with Crippen molar-refractivity contribution in [3.8, 4) is 5.75 Å². The van der Waals surface area contributed by atoms with E-state index in [-0.39, 0.29) is 25.1 Å². The molecule has 0 radical (unpaired) electrons. The summed E-state index contributed by atoms with van der Waals surface area (Å²) in [6, 6.07) is 4.35. The van der Waals surface area contributed by atoms with Crippen LogP contribution in [0.5, 0.6) is 5.75 Å². The van der Waals surface area contributed by atoms with Crippen LogP contribution in [0.1, 0.15) is 18.4 Å². The molecule has 112 valence electrons. The molecule has 1 atom stereocenters. The third-order valence-electron chi connectivity index (χ3n) is 3.27. The summed E-state index contributed by atoms with van der Waals surface area (Å²) in [7, 11) is 0. The van der Waals surface area contributed by atoms with Gasteiger partial charge >= 0.3 is 0 Å². The first-order valence-corrected chi connectivity index (χ1v) is 6.91. The van der Waals surface area contributed by atoms with Gasteiger partial charge in [-0.05, 0) is 31.4 Å². The largest absolute Gasteiger partial charge is 0.490 e. The van der Waals surface area contributed by atoms with Gasteiger partial charge in [-0.15, -0.1) is 0 Å². The highest BCUT2D eigenvalue weighted by Gasteiger charge is 2.16. The normalized spacial score (nSPS) is 17.9. The lowest BCUT2D eigenvalue weighted by Crippen LogP contribution is -2.30. The summed E-state index contributed by atoms with van der Waals surface area (Å²) in [6.07, 6.45) is 1.14. The van der Waals surface area contributed by atoms with E-state index in [1.807, 2.05) is 6.92 Å². The molecule has 1 aliphatic heterocycles. The zero-order valence-electron chi connectivity index (χ0n) is 11.7. The highest BCUT2D eigenvalue weighted by molar-refractivity contribution is 5.32. The SMILES string of the molecule is Cc1ccc(F)cc1OC[C@@H](O)COC1CCOCC1. The summed E-state index contributed by atoms with van der Waals surface area (Å²) in [5, 5.41) is 9.83. The van der Waals surface area contributed by atoms with Gasteiger partial charge in [0.2, 0.25) is 0 Å². The Kier molecular flexibility index (Phi) is 5.76. The maximum Gasteiger partial charge on any atom is 0.126 e. The lowest BCUT2D eigenvalue weighted by Gasteiger charge is -2.23. The Morgan fingerprint density at radius 1 is 1.35 bits per heavy atom. The summed E-state index contributed by atoms with van der Waals surface area (Å²) in [6.45, 7) is 3.56. The van der Waals surface area contributed by atoms with Gasteiger partial charge in [0.05, 0.1) is 12.7 Å². The van der Waals surface area contributed by atoms with Crippen molar-refractivity contribution in [2.24, 2.45) is 0 Å². The second-order valence-electron chi connectivity index (χ2n) is 5.02. The monoisotopic (exact) mass is 284 g/mol. The van der Waals surface area contributed by atoms with Crippen LogP contribution in [-0.2, 0) is 9.47 Å². The van der Waals surface area contributed by atoms with Crippen molar-refractivity contribution >= 4 is 0 Å². The molecule has 1 fully saturated rings. The van der Waals surface area contributed by atoms with E-state index in [2.05, 4.69) is 0 Å². The van der Waals surface area contributed by atoms with Crippen LogP contribution in [0.15, 0.2) is 18.2 Å². The molecule has 1 aliphatic rings. The van der Waals surface area contributed by atoms with E-state index in [1.54, 1.807) is 6.07 Å². The fraction of sp³-hybridized carbons (Fsp3) is 0.600. The summed E-state index contributed by atoms with van der Waals surface area (Å²) in [5.41, 5.74) is 0.837. The number of aryl methyl sites for hydroxylation is 1. The van der Waals surface area contributed by atoms with Crippen molar-refractivity contribution in [3.05, 3.63) is 29.6 Å². The Labute approximate surface area is 118 Å². The first-order valence-electron chi connectivity index (χ1n) is 6.91. The van der Waals surface area contributed by atoms with Gasteiger partial charge in [-0.2, -0.15) is 0 Å². The fourth-order valence-corrected chi connectivity index (χ4v) is 2.05. The Hall–Kier alpha value is -1.17. The van der Waals surface area contributed by atoms with Crippen LogP contribution in [-0.4, -0.2) is 43.7 Å². The lowest BCUT2D eigenvalue weighted by atomic mass is 10.1. The summed E-state index contributed by atoms with van der Waals surface area (Å²) in [4.78, 5) is 0. The number of aliphatic hydroxyl groups is 1. The average molecular weight is 284 g/mol. The topological polar surface area (TPSA) is 47.9 Å². The van der Waals surface area contributed by atoms with Gasteiger partial charge in [0.25, 0.3) is 0 Å². The molecular formula is C15H21FO4. The minimum atomic E-state index is -0.722. The van der Waals surface area contributed by atoms with E-state index in [9.17, 15) is 9.50 Å². The molecule has 0 amide bonds. The third kappa shape index (κ3) is 4.74. The third-order valence-corrected chi connectivity index (χ3v) is 3.27. The lowest BCUT2D eigenvalue weighted by molar-refractivity contribution is -0.0659. The van der Waals surface area contributed by atoms with E-state index < -0.39 is 6.10 Å². The second kappa shape index (κ2) is 7.57. The summed E-state index contributed by atoms with van der Waals surface area (Å²) < 4.78 is 29.3. The minimum Gasteiger partial charge on any atom is -0.490 e. The Morgan fingerprint density at radius 3 is 2.85 bits per heavy atom. The highest BCUT2D eigenvalue weighted by atomic mass is 19.1. The van der Waals surface area contributed by atoms with Crippen LogP contribution < -0.4 is 4.74 Å². The predicted octanol–water partition coefficient (Wildman–Crippen LogP) is 2.07. The molecule has 5 heteroatoms. The van der Waals surface area contributed by atoms with Crippen molar-refractivity contribution in [2.45, 2.75) is 32.0 Å². The molecule has 0 aromatic heterocycles. The van der Waals surface area contributed by atoms with Crippen molar-refractivity contribution in [1.82, 2.24) is 0 Å². The van der Waals surface area contributed by atoms with E-state index in [0.717, 1.165) is 18.4 Å². The van der Waals surface area contributed by atoms with Crippen LogP contribution in [0.3, 0.4) is 0 Å². The zero-order valence-corrected chi connectivity index (χ0v) is 11.7. The molecule has 0 saturated carbocycles. The smallest absolute Gasteiger partial charge is 0.126 e. The molecule has 1 N–H and O–H groups in total. The molecule has 0 spiro atoms. The molecule has 0 unspecified atom stereocenters. The molecule has 0 aliphatic carbocycles. The van der Waals surface area contributed by atoms with Gasteiger partial charge in [0.15, 0.2) is 0 Å². The average Bonchev–Trinajstić information content (AvgIpc) is 2.47. The van der Waals surface area contributed by atoms with E-state index in [4.69, 9.17) is 14.2 Å². The number of aliphatic hydroxyl groups excluding tert-OH is 1. The molecule has 20 heavy (non-hydrogen) atoms. The van der Waals surface area contributed by atoms with Gasteiger partial charge in [-0.1, -0.05) is 6.07 Å². The summed E-state index contributed by atoms with van der Waals surface area (Å²) >= 11 is 0. The maximum atomic E-state index is 13.1. The zero-order chi connectivity index (χ0) is 14.4. The molecule has 1 heterocycles. The molecule has 1 aromatic rings. The quantitative estimate of drug-likeness (QED) is 0.869. The Morgan fingerprint density at radius 2 is 2.10 bits per heavy atom. The second-order valence-corrected chi connectivity index (χ2v) is 5.02. The van der Waals surface area contributed by atoms with Crippen LogP contribution in [0.2, 0.25) is 0 Å². The maximum absolute atomic E-state index is 13.1. The minimum absolute atomic E-state index is 0.0908. The van der Waals surface area contributed by atoms with Gasteiger partial charge < -0.3 is 19.3 Å². The standard InChI is InChI=1S/C15H21FO4/c1-11-2-3-12(16)8-15(11)20-10-13(17)9-19-14-4-6-18-7-5-14/h2-3,8,13-14,17H,4-7,9-10H2,1H3/t13-/m0/s1. The van der Waals surface area contributed by atoms with Gasteiger partial charge in [0.1, 0.15) is 24.3 Å². The van der Waals surface area contributed by atoms with E-state index >= 15 is 0 Å². The molecular weight excluding hydrogens is 263 g/mol. The Balaban J connectivity index is 1.71. The van der Waals surface area contributed by atoms with Crippen molar-refractivity contribution < 1.29 is 23.7 Å². The van der Waals surface area contributed by atoms with Crippen LogP contribution in [0.4, 0.5) is 4.39 Å². The van der Waals surface area contributed by atoms with E-state index in [0.29, 0.717) is 19.0 Å². The predicted molar refractivity (Wildman–Crippen MR) is 72.4 cm³/mol. The number of hydrogen-bond donors (Lipinski definition) is 1. The number of halogens is 1. The molecule has 0 bridgehead atoms. The first-order chi connectivity index (χ1) is 9.65. The number of ether oxygens (including phenoxy) is 3. The van der Waals surface area contributed by atoms with Crippen molar-refractivity contribution in [1.29, 1.82) is 0 Å². The first kappa shape index (κ1) is 15.2. The van der Waals surface area contributed by atoms with Crippen molar-refractivity contribution in [2.75, 3.05) is 26.4 Å². The Bertz CT molecular complexity index is 418. The van der Waals surface area contributed by atoms with Crippen LogP contribution in [0.25, 0.3) is 0 Å². The number of benzene rings is 1. The summed E-state index contributed by atoms with van der Waals surface area (Å²) in [5.74, 6) is 0.105. The van der Waals surface area contributed by atoms with Crippen LogP contribution in [0, 0.1) is 12.7 Å².